The molecule has 2 N–H and O–H groups in total. The number of likely N-dealkylation sites (N-methyl/N-ethyl adjacent to an activating group) is 1. The summed E-state index contributed by atoms with van der Waals surface area (Å²) in [6.45, 7) is 6.46. The lowest BCUT2D eigenvalue weighted by Gasteiger charge is -2.20. The number of hydrogen-bond acceptors (Lipinski definition) is 4. The second kappa shape index (κ2) is 12.5. The molecule has 0 aliphatic carbocycles. The molecule has 1 rings (SSSR count). The van der Waals surface area contributed by atoms with E-state index in [0.717, 1.165) is 5.56 Å². The highest BCUT2D eigenvalue weighted by Gasteiger charge is 2.16. The smallest absolute Gasteiger partial charge is 0.308 e. The number of carbonyl (C=O) groups excluding carboxylic acids is 2. The van der Waals surface area contributed by atoms with Crippen molar-refractivity contribution in [3.8, 4) is 0 Å². The molecular formula is C19H31IN4O3. The van der Waals surface area contributed by atoms with Gasteiger partial charge in [-0.3, -0.25) is 9.59 Å². The molecule has 0 saturated carbocycles. The van der Waals surface area contributed by atoms with Gasteiger partial charge in [0.25, 0.3) is 0 Å². The van der Waals surface area contributed by atoms with Crippen LogP contribution in [0.3, 0.4) is 0 Å². The fourth-order valence-electron chi connectivity index (χ4n) is 1.92. The maximum absolute atomic E-state index is 11.8. The van der Waals surface area contributed by atoms with Crippen molar-refractivity contribution in [2.24, 2.45) is 4.99 Å². The van der Waals surface area contributed by atoms with Crippen molar-refractivity contribution in [3.63, 3.8) is 0 Å². The van der Waals surface area contributed by atoms with Gasteiger partial charge in [0.1, 0.15) is 5.60 Å². The van der Waals surface area contributed by atoms with E-state index >= 15 is 0 Å². The average Bonchev–Trinajstić information content (AvgIpc) is 2.55. The van der Waals surface area contributed by atoms with Crippen LogP contribution in [-0.4, -0.2) is 55.5 Å². The van der Waals surface area contributed by atoms with Gasteiger partial charge in [-0.25, -0.2) is 4.99 Å². The Bertz CT molecular complexity index is 613. The number of aliphatic imine (C=N–C) groups is 1. The molecular weight excluding hydrogens is 459 g/mol. The zero-order valence-electron chi connectivity index (χ0n) is 16.7. The topological polar surface area (TPSA) is 83.0 Å². The van der Waals surface area contributed by atoms with Crippen LogP contribution in [0, 0.1) is 0 Å². The molecule has 1 aromatic rings. The van der Waals surface area contributed by atoms with Crippen molar-refractivity contribution in [3.05, 3.63) is 35.9 Å². The summed E-state index contributed by atoms with van der Waals surface area (Å²) in [6, 6.07) is 9.80. The maximum atomic E-state index is 11.8. The third-order valence-electron chi connectivity index (χ3n) is 3.21. The first-order valence-electron chi connectivity index (χ1n) is 8.65. The highest BCUT2D eigenvalue weighted by atomic mass is 127. The van der Waals surface area contributed by atoms with Crippen LogP contribution in [0.1, 0.15) is 32.8 Å². The molecule has 0 bridgehead atoms. The summed E-state index contributed by atoms with van der Waals surface area (Å²) in [5.74, 6) is 0.135. The molecule has 0 saturated heterocycles. The van der Waals surface area contributed by atoms with Crippen molar-refractivity contribution in [1.29, 1.82) is 0 Å². The van der Waals surface area contributed by atoms with E-state index in [1.165, 1.54) is 4.90 Å². The average molecular weight is 490 g/mol. The van der Waals surface area contributed by atoms with Crippen LogP contribution < -0.4 is 10.6 Å². The van der Waals surface area contributed by atoms with Crippen LogP contribution in [0.5, 0.6) is 0 Å². The van der Waals surface area contributed by atoms with Crippen LogP contribution in [0.2, 0.25) is 0 Å². The third kappa shape index (κ3) is 12.2. The standard InChI is InChI=1S/C19H30N4O3.HI/c1-19(2,3)26-17(25)11-12-20-18(22-14-16(24)23(4)5)21-13-15-9-7-6-8-10-15;/h6-10H,11-14H2,1-5H3,(H2,20,21,22);1H. The van der Waals surface area contributed by atoms with Crippen LogP contribution in [-0.2, 0) is 20.9 Å². The quantitative estimate of drug-likeness (QED) is 0.265. The minimum absolute atomic E-state index is 0. The summed E-state index contributed by atoms with van der Waals surface area (Å²) in [4.78, 5) is 29.5. The van der Waals surface area contributed by atoms with E-state index in [9.17, 15) is 9.59 Å². The summed E-state index contributed by atoms with van der Waals surface area (Å²) in [5, 5.41) is 6.06. The first kappa shape index (κ1) is 25.2. The molecule has 0 aliphatic heterocycles. The number of benzene rings is 1. The summed E-state index contributed by atoms with van der Waals surface area (Å²) in [6.07, 6.45) is 0.213. The second-order valence-electron chi connectivity index (χ2n) is 7.06. The minimum atomic E-state index is -0.502. The number of amides is 1. The van der Waals surface area contributed by atoms with Crippen molar-refractivity contribution >= 4 is 41.8 Å². The summed E-state index contributed by atoms with van der Waals surface area (Å²) < 4.78 is 5.28. The zero-order chi connectivity index (χ0) is 19.6. The highest BCUT2D eigenvalue weighted by molar-refractivity contribution is 14.0. The van der Waals surface area contributed by atoms with E-state index in [0.29, 0.717) is 19.0 Å². The highest BCUT2D eigenvalue weighted by Crippen LogP contribution is 2.07. The molecule has 27 heavy (non-hydrogen) atoms. The number of ether oxygens (including phenoxy) is 1. The summed E-state index contributed by atoms with van der Waals surface area (Å²) >= 11 is 0. The molecule has 0 aliphatic rings. The van der Waals surface area contributed by atoms with Gasteiger partial charge in [-0.15, -0.1) is 24.0 Å². The molecule has 1 aromatic carbocycles. The first-order valence-corrected chi connectivity index (χ1v) is 8.65. The number of nitrogens with one attached hydrogen (secondary N) is 2. The number of rotatable bonds is 7. The molecule has 1 amide bonds. The van der Waals surface area contributed by atoms with Crippen LogP contribution in [0.25, 0.3) is 0 Å². The molecule has 0 radical (unpaired) electrons. The van der Waals surface area contributed by atoms with Crippen LogP contribution >= 0.6 is 24.0 Å². The lowest BCUT2D eigenvalue weighted by Crippen LogP contribution is -2.43. The summed E-state index contributed by atoms with van der Waals surface area (Å²) in [5.41, 5.74) is 0.553. The molecule has 0 heterocycles. The Labute approximate surface area is 179 Å². The molecule has 0 aromatic heterocycles. The molecule has 0 atom stereocenters. The van der Waals surface area contributed by atoms with Gasteiger partial charge in [-0.05, 0) is 26.3 Å². The Hall–Kier alpha value is -1.84. The van der Waals surface area contributed by atoms with Gasteiger partial charge >= 0.3 is 5.97 Å². The molecule has 152 valence electrons. The van der Waals surface area contributed by atoms with Crippen LogP contribution in [0.4, 0.5) is 0 Å². The van der Waals surface area contributed by atoms with Crippen molar-refractivity contribution in [2.75, 3.05) is 27.2 Å². The van der Waals surface area contributed by atoms with Gasteiger partial charge in [0.2, 0.25) is 5.91 Å². The van der Waals surface area contributed by atoms with Gasteiger partial charge in [0.15, 0.2) is 5.96 Å². The largest absolute Gasteiger partial charge is 0.460 e. The van der Waals surface area contributed by atoms with Gasteiger partial charge < -0.3 is 20.3 Å². The number of guanidine groups is 1. The van der Waals surface area contributed by atoms with E-state index in [2.05, 4.69) is 15.6 Å². The number of esters is 1. The second-order valence-corrected chi connectivity index (χ2v) is 7.06. The van der Waals surface area contributed by atoms with E-state index in [1.54, 1.807) is 14.1 Å². The van der Waals surface area contributed by atoms with E-state index in [4.69, 9.17) is 4.74 Å². The number of nitrogens with zero attached hydrogens (tertiary/aromatic N) is 2. The van der Waals surface area contributed by atoms with E-state index < -0.39 is 5.60 Å². The fourth-order valence-corrected chi connectivity index (χ4v) is 1.92. The lowest BCUT2D eigenvalue weighted by atomic mass is 10.2. The first-order chi connectivity index (χ1) is 12.2. The predicted molar refractivity (Wildman–Crippen MR) is 118 cm³/mol. The Balaban J connectivity index is 0.00000676. The molecule has 0 spiro atoms. The van der Waals surface area contributed by atoms with Gasteiger partial charge in [-0.2, -0.15) is 0 Å². The lowest BCUT2D eigenvalue weighted by molar-refractivity contribution is -0.154. The normalized spacial score (nSPS) is 11.2. The molecule has 0 unspecified atom stereocenters. The minimum Gasteiger partial charge on any atom is -0.460 e. The third-order valence-corrected chi connectivity index (χ3v) is 3.21. The van der Waals surface area contributed by atoms with E-state index in [1.807, 2.05) is 51.1 Å². The van der Waals surface area contributed by atoms with Crippen molar-refractivity contribution in [2.45, 2.75) is 39.3 Å². The van der Waals surface area contributed by atoms with Crippen molar-refractivity contribution < 1.29 is 14.3 Å². The molecule has 8 heteroatoms. The van der Waals surface area contributed by atoms with Crippen LogP contribution in [0.15, 0.2) is 35.3 Å². The number of carbonyl (C=O) groups is 2. The Morgan fingerprint density at radius 3 is 2.30 bits per heavy atom. The predicted octanol–water partition coefficient (Wildman–Crippen LogP) is 2.16. The Morgan fingerprint density at radius 1 is 1.11 bits per heavy atom. The fraction of sp³-hybridized carbons (Fsp3) is 0.526. The van der Waals surface area contributed by atoms with Gasteiger partial charge in [0, 0.05) is 20.6 Å². The molecule has 0 fully saturated rings. The Morgan fingerprint density at radius 2 is 1.74 bits per heavy atom. The Kier molecular flexibility index (Phi) is 11.7. The van der Waals surface area contributed by atoms with E-state index in [-0.39, 0.29) is 48.8 Å². The zero-order valence-corrected chi connectivity index (χ0v) is 19.1. The summed E-state index contributed by atoms with van der Waals surface area (Å²) in [7, 11) is 3.39. The number of halogens is 1. The maximum Gasteiger partial charge on any atom is 0.308 e. The van der Waals surface area contributed by atoms with Gasteiger partial charge in [0.05, 0.1) is 19.5 Å². The number of hydrogen-bond donors (Lipinski definition) is 2. The van der Waals surface area contributed by atoms with Crippen molar-refractivity contribution in [1.82, 2.24) is 15.5 Å². The molecule has 7 nitrogen and oxygen atoms in total. The SMILES string of the molecule is CN(C)C(=O)CNC(=NCc1ccccc1)NCCC(=O)OC(C)(C)C.I. The van der Waals surface area contributed by atoms with Gasteiger partial charge in [-0.1, -0.05) is 30.3 Å². The monoisotopic (exact) mass is 490 g/mol.